The van der Waals surface area contributed by atoms with Crippen molar-refractivity contribution in [3.8, 4) is 0 Å². The number of carbonyl (C=O) groups is 4. The molecule has 160 valence electrons. The predicted molar refractivity (Wildman–Crippen MR) is 96.3 cm³/mol. The molecule has 3 N–H and O–H groups in total. The molecule has 0 aliphatic heterocycles. The van der Waals surface area contributed by atoms with Gasteiger partial charge in [-0.1, -0.05) is 20.4 Å². The van der Waals surface area contributed by atoms with Crippen LogP contribution in [0.4, 0.5) is 9.59 Å². The number of hydrogen-bond donors (Lipinski definition) is 3. The van der Waals surface area contributed by atoms with Gasteiger partial charge in [0.15, 0.2) is 6.10 Å². The Kier molecular flexibility index (Phi) is 12.8. The third kappa shape index (κ3) is 12.5. The minimum absolute atomic E-state index is 0.00750. The summed E-state index contributed by atoms with van der Waals surface area (Å²) >= 11 is 0. The van der Waals surface area contributed by atoms with Gasteiger partial charge in [0.05, 0.1) is 25.6 Å². The summed E-state index contributed by atoms with van der Waals surface area (Å²) in [6.45, 7) is 7.27. The summed E-state index contributed by atoms with van der Waals surface area (Å²) in [5.41, 5.74) is 0.233. The van der Waals surface area contributed by atoms with E-state index in [-0.39, 0.29) is 50.4 Å². The third-order valence-corrected chi connectivity index (χ3v) is 2.92. The average Bonchev–Trinajstić information content (AvgIpc) is 2.64. The first-order valence-corrected chi connectivity index (χ1v) is 8.62. The molecule has 0 aromatic heterocycles. The Hall–Kier alpha value is -2.82. The van der Waals surface area contributed by atoms with Gasteiger partial charge in [0.25, 0.3) is 0 Å². The first kappa shape index (κ1) is 25.2. The minimum Gasteiger partial charge on any atom is -0.464 e. The monoisotopic (exact) mass is 404 g/mol. The summed E-state index contributed by atoms with van der Waals surface area (Å²) in [5.74, 6) is -1.23. The number of alkyl carbamates (subject to hydrolysis) is 2. The van der Waals surface area contributed by atoms with Crippen LogP contribution in [0.2, 0.25) is 0 Å². The van der Waals surface area contributed by atoms with Crippen LogP contribution < -0.4 is 10.6 Å². The van der Waals surface area contributed by atoms with Gasteiger partial charge in [-0.25, -0.2) is 14.4 Å². The lowest BCUT2D eigenvalue weighted by atomic mass is 10.2. The number of nitrogens with one attached hydrogen (secondary N) is 2. The lowest BCUT2D eigenvalue weighted by molar-refractivity contribution is -0.147. The maximum Gasteiger partial charge on any atom is 0.407 e. The molecule has 0 aliphatic rings. The largest absolute Gasteiger partial charge is 0.464 e. The SMILES string of the molecule is C=C(C)C(=O)OCCNC(=O)OC(CO)COC(=O)NCCOC(=O)C(C)C. The van der Waals surface area contributed by atoms with Gasteiger partial charge in [0, 0.05) is 5.57 Å². The second-order valence-electron chi connectivity index (χ2n) is 5.90. The minimum atomic E-state index is -1.08. The first-order chi connectivity index (χ1) is 13.2. The number of esters is 2. The Morgan fingerprint density at radius 1 is 0.964 bits per heavy atom. The molecule has 0 saturated carbocycles. The van der Waals surface area contributed by atoms with Crippen molar-refractivity contribution in [1.82, 2.24) is 10.6 Å². The van der Waals surface area contributed by atoms with E-state index in [0.717, 1.165) is 0 Å². The van der Waals surface area contributed by atoms with E-state index >= 15 is 0 Å². The van der Waals surface area contributed by atoms with Crippen molar-refractivity contribution in [1.29, 1.82) is 0 Å². The molecule has 0 aromatic rings. The lowest BCUT2D eigenvalue weighted by Crippen LogP contribution is -2.37. The fourth-order valence-corrected chi connectivity index (χ4v) is 1.43. The van der Waals surface area contributed by atoms with Crippen LogP contribution in [0.5, 0.6) is 0 Å². The molecule has 11 nitrogen and oxygen atoms in total. The van der Waals surface area contributed by atoms with Gasteiger partial charge in [0.1, 0.15) is 19.8 Å². The topological polar surface area (TPSA) is 149 Å². The predicted octanol–water partition coefficient (Wildman–Crippen LogP) is 0.118. The molecule has 1 atom stereocenters. The second-order valence-corrected chi connectivity index (χ2v) is 5.90. The van der Waals surface area contributed by atoms with Gasteiger partial charge in [-0.05, 0) is 6.92 Å². The fraction of sp³-hybridized carbons (Fsp3) is 0.647. The lowest BCUT2D eigenvalue weighted by Gasteiger charge is -2.16. The van der Waals surface area contributed by atoms with E-state index < -0.39 is 30.9 Å². The summed E-state index contributed by atoms with van der Waals surface area (Å²) in [7, 11) is 0. The van der Waals surface area contributed by atoms with Crippen molar-refractivity contribution in [2.24, 2.45) is 5.92 Å². The van der Waals surface area contributed by atoms with Crippen molar-refractivity contribution < 1.29 is 43.2 Å². The average molecular weight is 404 g/mol. The van der Waals surface area contributed by atoms with E-state index in [1.807, 2.05) is 0 Å². The Bertz CT molecular complexity index is 549. The zero-order valence-corrected chi connectivity index (χ0v) is 16.3. The van der Waals surface area contributed by atoms with Gasteiger partial charge >= 0.3 is 24.1 Å². The highest BCUT2D eigenvalue weighted by molar-refractivity contribution is 5.86. The number of carbonyl (C=O) groups excluding carboxylic acids is 4. The van der Waals surface area contributed by atoms with Gasteiger partial charge in [0.2, 0.25) is 0 Å². The Morgan fingerprint density at radius 2 is 1.54 bits per heavy atom. The van der Waals surface area contributed by atoms with Crippen LogP contribution in [0.25, 0.3) is 0 Å². The zero-order valence-electron chi connectivity index (χ0n) is 16.3. The Labute approximate surface area is 163 Å². The van der Waals surface area contributed by atoms with Crippen LogP contribution in [0.1, 0.15) is 20.8 Å². The van der Waals surface area contributed by atoms with Crippen LogP contribution in [0.15, 0.2) is 12.2 Å². The van der Waals surface area contributed by atoms with E-state index in [0.29, 0.717) is 0 Å². The summed E-state index contributed by atoms with van der Waals surface area (Å²) < 4.78 is 19.3. The normalized spacial score (nSPS) is 11.2. The van der Waals surface area contributed by atoms with Crippen LogP contribution in [0, 0.1) is 5.92 Å². The van der Waals surface area contributed by atoms with Gasteiger partial charge in [-0.3, -0.25) is 4.79 Å². The Morgan fingerprint density at radius 3 is 2.07 bits per heavy atom. The summed E-state index contributed by atoms with van der Waals surface area (Å²) in [6.07, 6.45) is -2.78. The first-order valence-electron chi connectivity index (χ1n) is 8.62. The van der Waals surface area contributed by atoms with Crippen LogP contribution >= 0.6 is 0 Å². The van der Waals surface area contributed by atoms with Crippen LogP contribution in [-0.2, 0) is 28.5 Å². The number of amides is 2. The highest BCUT2D eigenvalue weighted by Crippen LogP contribution is 1.96. The maximum absolute atomic E-state index is 11.6. The van der Waals surface area contributed by atoms with E-state index in [1.165, 1.54) is 6.92 Å². The molecule has 0 heterocycles. The standard InChI is InChI=1S/C17H28N2O9/c1-11(2)14(21)25-7-5-18-16(23)27-10-13(9-20)28-17(24)19-6-8-26-15(22)12(3)4/h11,13,20H,3,5-10H2,1-2,4H3,(H,18,23)(H,19,24). The smallest absolute Gasteiger partial charge is 0.407 e. The molecule has 2 amide bonds. The number of aliphatic hydroxyl groups excluding tert-OH is 1. The second kappa shape index (κ2) is 14.3. The van der Waals surface area contributed by atoms with Crippen molar-refractivity contribution in [2.75, 3.05) is 39.5 Å². The molecule has 0 bridgehead atoms. The molecule has 0 saturated heterocycles. The molecule has 0 aromatic carbocycles. The highest BCUT2D eigenvalue weighted by atomic mass is 16.6. The maximum atomic E-state index is 11.6. The molecule has 0 fully saturated rings. The molecule has 0 radical (unpaired) electrons. The molecular weight excluding hydrogens is 376 g/mol. The number of aliphatic hydroxyl groups is 1. The highest BCUT2D eigenvalue weighted by Gasteiger charge is 2.16. The quantitative estimate of drug-likeness (QED) is 0.178. The summed E-state index contributed by atoms with van der Waals surface area (Å²) in [4.78, 5) is 45.4. The van der Waals surface area contributed by atoms with Crippen LogP contribution in [-0.4, -0.2) is 74.9 Å². The van der Waals surface area contributed by atoms with Crippen molar-refractivity contribution >= 4 is 24.1 Å². The van der Waals surface area contributed by atoms with E-state index in [1.54, 1.807) is 13.8 Å². The third-order valence-electron chi connectivity index (χ3n) is 2.92. The van der Waals surface area contributed by atoms with Gasteiger partial charge in [-0.2, -0.15) is 0 Å². The molecule has 0 aliphatic carbocycles. The fourth-order valence-electron chi connectivity index (χ4n) is 1.43. The van der Waals surface area contributed by atoms with Crippen molar-refractivity contribution in [3.05, 3.63) is 12.2 Å². The number of hydrogen-bond acceptors (Lipinski definition) is 9. The Balaban J connectivity index is 3.93. The molecule has 1 unspecified atom stereocenters. The zero-order chi connectivity index (χ0) is 21.5. The summed E-state index contributed by atoms with van der Waals surface area (Å²) in [6, 6.07) is 0. The van der Waals surface area contributed by atoms with Crippen molar-refractivity contribution in [2.45, 2.75) is 26.9 Å². The van der Waals surface area contributed by atoms with E-state index in [2.05, 4.69) is 17.2 Å². The summed E-state index contributed by atoms with van der Waals surface area (Å²) in [5, 5.41) is 13.8. The number of ether oxygens (including phenoxy) is 4. The number of rotatable bonds is 12. The van der Waals surface area contributed by atoms with Crippen molar-refractivity contribution in [3.63, 3.8) is 0 Å². The molecule has 0 rings (SSSR count). The molecular formula is C17H28N2O9. The molecule has 0 spiro atoms. The van der Waals surface area contributed by atoms with Gasteiger partial charge in [-0.15, -0.1) is 0 Å². The van der Waals surface area contributed by atoms with E-state index in [4.69, 9.17) is 24.1 Å². The molecule has 11 heteroatoms. The molecule has 28 heavy (non-hydrogen) atoms. The van der Waals surface area contributed by atoms with Crippen LogP contribution in [0.3, 0.4) is 0 Å². The van der Waals surface area contributed by atoms with Gasteiger partial charge < -0.3 is 34.7 Å². The van der Waals surface area contributed by atoms with E-state index in [9.17, 15) is 19.2 Å².